The van der Waals surface area contributed by atoms with Gasteiger partial charge in [-0.25, -0.2) is 0 Å². The Morgan fingerprint density at radius 2 is 2.28 bits per heavy atom. The first-order chi connectivity index (χ1) is 8.60. The number of carbonyl (C=O) groups excluding carboxylic acids is 1. The lowest BCUT2D eigenvalue weighted by Gasteiger charge is -2.23. The second-order valence-electron chi connectivity index (χ2n) is 4.09. The molecule has 0 saturated carbocycles. The highest BCUT2D eigenvalue weighted by Gasteiger charge is 2.17. The average molecular weight is 246 g/mol. The van der Waals surface area contributed by atoms with Gasteiger partial charge in [-0.2, -0.15) is 5.26 Å². The van der Waals surface area contributed by atoms with E-state index in [1.165, 1.54) is 0 Å². The minimum atomic E-state index is -0.0988. The lowest BCUT2D eigenvalue weighted by atomic mass is 10.1. The molecule has 0 heterocycles. The molecule has 0 unspecified atom stereocenters. The highest BCUT2D eigenvalue weighted by Crippen LogP contribution is 2.16. The maximum atomic E-state index is 12.2. The van der Waals surface area contributed by atoms with Crippen molar-refractivity contribution in [1.82, 2.24) is 4.90 Å². The fraction of sp³-hybridized carbons (Fsp3) is 0.429. The van der Waals surface area contributed by atoms with E-state index in [0.29, 0.717) is 24.3 Å². The number of nitrogens with zero attached hydrogens (tertiary/aromatic N) is 2. The van der Waals surface area contributed by atoms with Crippen molar-refractivity contribution in [2.75, 3.05) is 13.7 Å². The molecule has 0 radical (unpaired) electrons. The lowest BCUT2D eigenvalue weighted by Crippen LogP contribution is -2.34. The molecule has 1 amide bonds. The summed E-state index contributed by atoms with van der Waals surface area (Å²) in [4.78, 5) is 13.8. The number of hydrogen-bond acceptors (Lipinski definition) is 3. The third kappa shape index (κ3) is 3.49. The summed E-state index contributed by atoms with van der Waals surface area (Å²) in [6, 6.07) is 9.05. The zero-order chi connectivity index (χ0) is 13.5. The van der Waals surface area contributed by atoms with Gasteiger partial charge in [0, 0.05) is 18.7 Å². The Balaban J connectivity index is 2.83. The average Bonchev–Trinajstić information content (AvgIpc) is 2.38. The van der Waals surface area contributed by atoms with Gasteiger partial charge < -0.3 is 9.64 Å². The maximum Gasteiger partial charge on any atom is 0.254 e. The van der Waals surface area contributed by atoms with E-state index in [-0.39, 0.29) is 11.9 Å². The van der Waals surface area contributed by atoms with E-state index in [1.54, 1.807) is 30.1 Å². The highest BCUT2D eigenvalue weighted by atomic mass is 16.5. The number of rotatable bonds is 5. The van der Waals surface area contributed by atoms with E-state index in [4.69, 9.17) is 10.00 Å². The number of amides is 1. The standard InChI is InChI=1S/C14H18N2O2/c1-4-18-13-7-5-6-12(10-13)14(17)16(3)11(2)8-9-15/h5-7,10-11H,4,8H2,1-3H3/t11-/m0/s1. The fourth-order valence-electron chi connectivity index (χ4n) is 1.56. The second-order valence-corrected chi connectivity index (χ2v) is 4.09. The monoisotopic (exact) mass is 246 g/mol. The summed E-state index contributed by atoms with van der Waals surface area (Å²) in [5.41, 5.74) is 0.577. The van der Waals surface area contributed by atoms with Crippen molar-refractivity contribution in [1.29, 1.82) is 5.26 Å². The molecule has 18 heavy (non-hydrogen) atoms. The third-order valence-electron chi connectivity index (χ3n) is 2.76. The van der Waals surface area contributed by atoms with Crippen LogP contribution in [0.4, 0.5) is 0 Å². The fourth-order valence-corrected chi connectivity index (χ4v) is 1.56. The number of nitriles is 1. The predicted molar refractivity (Wildman–Crippen MR) is 69.4 cm³/mol. The zero-order valence-electron chi connectivity index (χ0n) is 11.0. The summed E-state index contributed by atoms with van der Waals surface area (Å²) in [5, 5.41) is 8.64. The Labute approximate surface area is 108 Å². The molecule has 0 aliphatic rings. The van der Waals surface area contributed by atoms with Gasteiger partial charge in [-0.1, -0.05) is 6.07 Å². The Kier molecular flexibility index (Phi) is 5.19. The number of ether oxygens (including phenoxy) is 1. The van der Waals surface area contributed by atoms with E-state index < -0.39 is 0 Å². The summed E-state index contributed by atoms with van der Waals surface area (Å²) >= 11 is 0. The first-order valence-electron chi connectivity index (χ1n) is 5.97. The molecule has 1 aromatic rings. The molecule has 4 nitrogen and oxygen atoms in total. The van der Waals surface area contributed by atoms with Crippen LogP contribution in [0.15, 0.2) is 24.3 Å². The van der Waals surface area contributed by atoms with Crippen molar-refractivity contribution in [3.05, 3.63) is 29.8 Å². The van der Waals surface area contributed by atoms with Crippen molar-refractivity contribution in [3.63, 3.8) is 0 Å². The number of carbonyl (C=O) groups is 1. The van der Waals surface area contributed by atoms with Gasteiger partial charge in [0.1, 0.15) is 5.75 Å². The molecule has 0 aliphatic carbocycles. The van der Waals surface area contributed by atoms with E-state index in [1.807, 2.05) is 19.9 Å². The van der Waals surface area contributed by atoms with Gasteiger partial charge in [0.15, 0.2) is 0 Å². The van der Waals surface area contributed by atoms with Crippen molar-refractivity contribution >= 4 is 5.91 Å². The van der Waals surface area contributed by atoms with E-state index >= 15 is 0 Å². The summed E-state index contributed by atoms with van der Waals surface area (Å²) < 4.78 is 5.36. The van der Waals surface area contributed by atoms with E-state index in [9.17, 15) is 4.79 Å². The summed E-state index contributed by atoms with van der Waals surface area (Å²) in [6.45, 7) is 4.32. The van der Waals surface area contributed by atoms with Gasteiger partial charge in [0.2, 0.25) is 0 Å². The van der Waals surface area contributed by atoms with Crippen LogP contribution in [0.2, 0.25) is 0 Å². The first-order valence-corrected chi connectivity index (χ1v) is 5.97. The van der Waals surface area contributed by atoms with Gasteiger partial charge in [-0.3, -0.25) is 4.79 Å². The van der Waals surface area contributed by atoms with Crippen LogP contribution >= 0.6 is 0 Å². The SMILES string of the molecule is CCOc1cccc(C(=O)N(C)[C@@H](C)CC#N)c1. The van der Waals surface area contributed by atoms with Gasteiger partial charge in [0.25, 0.3) is 5.91 Å². The molecule has 4 heteroatoms. The summed E-state index contributed by atoms with van der Waals surface area (Å²) in [7, 11) is 1.71. The Bertz CT molecular complexity index is 451. The van der Waals surface area contributed by atoms with Crippen LogP contribution in [0, 0.1) is 11.3 Å². The van der Waals surface area contributed by atoms with E-state index in [0.717, 1.165) is 0 Å². The molecule has 1 atom stereocenters. The Hall–Kier alpha value is -2.02. The van der Waals surface area contributed by atoms with Crippen molar-refractivity contribution in [2.24, 2.45) is 0 Å². The van der Waals surface area contributed by atoms with Crippen LogP contribution in [0.25, 0.3) is 0 Å². The van der Waals surface area contributed by atoms with Crippen LogP contribution in [0.5, 0.6) is 5.75 Å². The molecule has 0 N–H and O–H groups in total. The second kappa shape index (κ2) is 6.65. The molecule has 0 fully saturated rings. The van der Waals surface area contributed by atoms with Gasteiger partial charge >= 0.3 is 0 Å². The van der Waals surface area contributed by atoms with Crippen LogP contribution in [-0.4, -0.2) is 30.5 Å². The van der Waals surface area contributed by atoms with Crippen molar-refractivity contribution in [3.8, 4) is 11.8 Å². The number of hydrogen-bond donors (Lipinski definition) is 0. The number of benzene rings is 1. The molecule has 1 rings (SSSR count). The summed E-state index contributed by atoms with van der Waals surface area (Å²) in [6.07, 6.45) is 0.327. The molecular formula is C14H18N2O2. The topological polar surface area (TPSA) is 53.3 Å². The largest absolute Gasteiger partial charge is 0.494 e. The molecule has 96 valence electrons. The quantitative estimate of drug-likeness (QED) is 0.802. The lowest BCUT2D eigenvalue weighted by molar-refractivity contribution is 0.0746. The van der Waals surface area contributed by atoms with Gasteiger partial charge in [0.05, 0.1) is 19.1 Å². The van der Waals surface area contributed by atoms with Gasteiger partial charge in [-0.15, -0.1) is 0 Å². The third-order valence-corrected chi connectivity index (χ3v) is 2.76. The molecule has 0 aromatic heterocycles. The van der Waals surface area contributed by atoms with Gasteiger partial charge in [-0.05, 0) is 32.0 Å². The minimum Gasteiger partial charge on any atom is -0.494 e. The normalized spacial score (nSPS) is 11.4. The zero-order valence-corrected chi connectivity index (χ0v) is 11.0. The molecule has 0 spiro atoms. The van der Waals surface area contributed by atoms with Crippen molar-refractivity contribution < 1.29 is 9.53 Å². The van der Waals surface area contributed by atoms with Crippen molar-refractivity contribution in [2.45, 2.75) is 26.3 Å². The molecule has 0 saturated heterocycles. The van der Waals surface area contributed by atoms with Crippen LogP contribution in [0.3, 0.4) is 0 Å². The Morgan fingerprint density at radius 3 is 2.89 bits per heavy atom. The Morgan fingerprint density at radius 1 is 1.56 bits per heavy atom. The molecule has 0 aliphatic heterocycles. The smallest absolute Gasteiger partial charge is 0.254 e. The predicted octanol–water partition coefficient (Wildman–Crippen LogP) is 2.46. The van der Waals surface area contributed by atoms with E-state index in [2.05, 4.69) is 6.07 Å². The first kappa shape index (κ1) is 14.0. The minimum absolute atomic E-state index is 0.0979. The van der Waals surface area contributed by atoms with Crippen LogP contribution < -0.4 is 4.74 Å². The highest BCUT2D eigenvalue weighted by molar-refractivity contribution is 5.94. The molecule has 1 aromatic carbocycles. The van der Waals surface area contributed by atoms with Crippen LogP contribution in [0.1, 0.15) is 30.6 Å². The molecular weight excluding hydrogens is 228 g/mol. The maximum absolute atomic E-state index is 12.2. The molecule has 0 bridgehead atoms. The summed E-state index contributed by atoms with van der Waals surface area (Å²) in [5.74, 6) is 0.587. The van der Waals surface area contributed by atoms with Crippen LogP contribution in [-0.2, 0) is 0 Å².